The Morgan fingerprint density at radius 2 is 1.49 bits per heavy atom. The monoisotopic (exact) mass is 690 g/mol. The summed E-state index contributed by atoms with van der Waals surface area (Å²) in [6, 6.07) is 0. The number of aromatic nitrogens is 8. The molecule has 3 aliphatic rings. The van der Waals surface area contributed by atoms with Gasteiger partial charge in [-0.15, -0.1) is 0 Å². The summed E-state index contributed by atoms with van der Waals surface area (Å²) in [6.45, 7) is -5.57. The Kier molecular flexibility index (Phi) is 7.52. The number of ether oxygens (including phenoxy) is 2. The number of nitrogens with two attached hydrogens (primary N) is 2. The van der Waals surface area contributed by atoms with Crippen molar-refractivity contribution in [2.75, 3.05) is 24.7 Å². The highest BCUT2D eigenvalue weighted by atomic mass is 32.5. The molecule has 0 amide bonds. The molecule has 4 aromatic heterocycles. The van der Waals surface area contributed by atoms with E-state index in [0.29, 0.717) is 0 Å². The molecule has 7 heterocycles. The summed E-state index contributed by atoms with van der Waals surface area (Å²) in [5, 5.41) is 22.4. The summed E-state index contributed by atoms with van der Waals surface area (Å²) in [5.41, 5.74) is 11.1. The van der Waals surface area contributed by atoms with Crippen LogP contribution in [0.3, 0.4) is 0 Å². The van der Waals surface area contributed by atoms with Gasteiger partial charge in [0.25, 0.3) is 5.56 Å². The van der Waals surface area contributed by atoms with Crippen LogP contribution in [0.15, 0.2) is 23.8 Å². The largest absolute Gasteiger partial charge is 0.472 e. The molecular weight excluding hydrogens is 666 g/mol. The average Bonchev–Trinajstić information content (AvgIpc) is 3.72. The van der Waals surface area contributed by atoms with Crippen molar-refractivity contribution < 1.29 is 52.1 Å². The number of H-pyrrole nitrogens is 1. The summed E-state index contributed by atoms with van der Waals surface area (Å²) in [6.07, 6.45) is -8.06. The van der Waals surface area contributed by atoms with E-state index in [1.807, 2.05) is 0 Å². The van der Waals surface area contributed by atoms with E-state index in [4.69, 9.17) is 50.8 Å². The quantitative estimate of drug-likeness (QED) is 0.109. The molecule has 7 rings (SSSR count). The SMILES string of the molecule is Nc1nc2c(ncn2[C@@H]2OC3COP(=O)(O)O[C@H]4[C@@H](O)[C@H](n5cnc6c(N)ncnc65)O[C@@H]4COP(O)(=S)O[C@H]3[C@H]2O)c(=O)[nH]1. The van der Waals surface area contributed by atoms with Gasteiger partial charge in [0.2, 0.25) is 5.95 Å². The van der Waals surface area contributed by atoms with Crippen LogP contribution >= 0.6 is 14.5 Å². The van der Waals surface area contributed by atoms with Crippen LogP contribution in [0.25, 0.3) is 22.3 Å². The molecular formula is C20H24N10O12P2S. The summed E-state index contributed by atoms with van der Waals surface area (Å²) < 4.78 is 49.0. The Morgan fingerprint density at radius 1 is 0.889 bits per heavy atom. The molecule has 3 saturated heterocycles. The molecule has 0 bridgehead atoms. The number of nitrogens with one attached hydrogen (secondary N) is 1. The lowest BCUT2D eigenvalue weighted by atomic mass is 10.1. The maximum absolute atomic E-state index is 13.1. The van der Waals surface area contributed by atoms with E-state index in [-0.39, 0.29) is 34.1 Å². The Labute approximate surface area is 254 Å². The van der Waals surface area contributed by atoms with Gasteiger partial charge in [-0.05, 0) is 11.8 Å². The number of rotatable bonds is 2. The lowest BCUT2D eigenvalue weighted by Crippen LogP contribution is -2.39. The maximum atomic E-state index is 13.1. The van der Waals surface area contributed by atoms with Crippen LogP contribution in [0.4, 0.5) is 11.8 Å². The predicted molar refractivity (Wildman–Crippen MR) is 150 cm³/mol. The fourth-order valence-electron chi connectivity index (χ4n) is 5.32. The molecule has 3 fully saturated rings. The lowest BCUT2D eigenvalue weighted by molar-refractivity contribution is -0.0629. The summed E-state index contributed by atoms with van der Waals surface area (Å²) in [4.78, 5) is 56.2. The van der Waals surface area contributed by atoms with E-state index in [2.05, 4.69) is 29.9 Å². The Bertz CT molecular complexity index is 1940. The molecule has 0 spiro atoms. The molecule has 10 atom stereocenters. The highest BCUT2D eigenvalue weighted by molar-refractivity contribution is 8.07. The van der Waals surface area contributed by atoms with Crippen LogP contribution in [0.5, 0.6) is 0 Å². The van der Waals surface area contributed by atoms with E-state index in [0.717, 1.165) is 6.33 Å². The van der Waals surface area contributed by atoms with Gasteiger partial charge in [-0.1, -0.05) is 0 Å². The van der Waals surface area contributed by atoms with Crippen molar-refractivity contribution in [2.24, 2.45) is 0 Å². The van der Waals surface area contributed by atoms with Gasteiger partial charge in [-0.2, -0.15) is 4.98 Å². The van der Waals surface area contributed by atoms with E-state index in [1.165, 1.54) is 21.8 Å². The normalized spacial score (nSPS) is 37.7. The first kappa shape index (κ1) is 30.6. The van der Waals surface area contributed by atoms with Crippen LogP contribution in [-0.2, 0) is 43.9 Å². The molecule has 0 aromatic carbocycles. The molecule has 3 aliphatic heterocycles. The van der Waals surface area contributed by atoms with Crippen molar-refractivity contribution in [3.8, 4) is 0 Å². The van der Waals surface area contributed by atoms with Crippen molar-refractivity contribution in [3.63, 3.8) is 0 Å². The summed E-state index contributed by atoms with van der Waals surface area (Å²) in [5.74, 6) is -0.169. The number of phosphoric ester groups is 1. The first-order chi connectivity index (χ1) is 21.3. The maximum Gasteiger partial charge on any atom is 0.472 e. The smallest absolute Gasteiger partial charge is 0.386 e. The topological polar surface area (TPSA) is 313 Å². The Balaban J connectivity index is 1.17. The predicted octanol–water partition coefficient (Wildman–Crippen LogP) is -2.23. The number of aliphatic hydroxyl groups excluding tert-OH is 2. The summed E-state index contributed by atoms with van der Waals surface area (Å²) in [7, 11) is -4.99. The molecule has 3 unspecified atom stereocenters. The molecule has 0 aliphatic carbocycles. The number of aromatic amines is 1. The minimum Gasteiger partial charge on any atom is -0.386 e. The highest BCUT2D eigenvalue weighted by Crippen LogP contribution is 2.53. The van der Waals surface area contributed by atoms with E-state index in [1.54, 1.807) is 0 Å². The second-order valence-electron chi connectivity index (χ2n) is 10.1. The van der Waals surface area contributed by atoms with Crippen LogP contribution in [0.2, 0.25) is 0 Å². The number of nitrogens with zero attached hydrogens (tertiary/aromatic N) is 7. The van der Waals surface area contributed by atoms with Crippen molar-refractivity contribution in [3.05, 3.63) is 29.3 Å². The molecule has 0 radical (unpaired) electrons. The Morgan fingerprint density at radius 3 is 2.18 bits per heavy atom. The fourth-order valence-corrected chi connectivity index (χ4v) is 7.73. The number of phosphoric acid groups is 1. The van der Waals surface area contributed by atoms with E-state index in [9.17, 15) is 29.4 Å². The van der Waals surface area contributed by atoms with Crippen LogP contribution in [-0.4, -0.2) is 109 Å². The number of hydrogen-bond donors (Lipinski definition) is 7. The van der Waals surface area contributed by atoms with Crippen molar-refractivity contribution in [1.82, 2.24) is 39.0 Å². The average molecular weight is 690 g/mol. The number of hydrogen-bond acceptors (Lipinski definition) is 18. The molecule has 0 saturated carbocycles. The Hall–Kier alpha value is -3.02. The number of aliphatic hydroxyl groups is 2. The van der Waals surface area contributed by atoms with E-state index >= 15 is 0 Å². The van der Waals surface area contributed by atoms with Gasteiger partial charge >= 0.3 is 14.5 Å². The number of anilines is 2. The van der Waals surface area contributed by atoms with Crippen LogP contribution in [0, 0.1) is 0 Å². The first-order valence-electron chi connectivity index (χ1n) is 13.0. The van der Waals surface area contributed by atoms with Gasteiger partial charge in [-0.3, -0.25) is 32.5 Å². The zero-order valence-electron chi connectivity index (χ0n) is 22.4. The van der Waals surface area contributed by atoms with Crippen LogP contribution in [0.1, 0.15) is 12.5 Å². The minimum atomic E-state index is -4.99. The summed E-state index contributed by atoms with van der Waals surface area (Å²) >= 11 is 5.18. The number of fused-ring (bicyclic) bond motifs is 4. The van der Waals surface area contributed by atoms with Gasteiger partial charge in [0, 0.05) is 0 Å². The third kappa shape index (κ3) is 5.44. The van der Waals surface area contributed by atoms with E-state index < -0.39 is 82.4 Å². The van der Waals surface area contributed by atoms with Crippen LogP contribution < -0.4 is 17.0 Å². The second-order valence-corrected chi connectivity index (χ2v) is 14.3. The third-order valence-electron chi connectivity index (χ3n) is 7.32. The zero-order valence-corrected chi connectivity index (χ0v) is 25.0. The van der Waals surface area contributed by atoms with Crippen molar-refractivity contribution >= 4 is 60.4 Å². The van der Waals surface area contributed by atoms with Crippen molar-refractivity contribution in [1.29, 1.82) is 0 Å². The molecule has 4 aromatic rings. The third-order valence-corrected chi connectivity index (χ3v) is 9.86. The number of nitrogen functional groups attached to an aromatic ring is 2. The van der Waals surface area contributed by atoms with Gasteiger partial charge in [-0.25, -0.2) is 24.5 Å². The standard InChI is InChI=1S/C20H24N10O12P2S/c21-14-8-15(24-3-23-14)29(4-25-8)18-10(31)12-7(40-18)2-38-44(36,45)42-13-6(1-37-43(34,35)41-12)39-19(11(13)32)30-5-26-9-16(30)27-20(22)28-17(9)33/h3-7,10-13,18-19,31-32H,1-2H2,(H,34,35)(H,36,45)(H2,21,23,24)(H3,22,27,28,33)/t6?,7-,10-,11-,12-,13-,18-,19-,44?/m1/s1. The lowest BCUT2D eigenvalue weighted by Gasteiger charge is -2.29. The molecule has 242 valence electrons. The molecule has 22 nitrogen and oxygen atoms in total. The van der Waals surface area contributed by atoms with Gasteiger partial charge in [0.05, 0.1) is 25.9 Å². The molecule has 45 heavy (non-hydrogen) atoms. The van der Waals surface area contributed by atoms with Gasteiger partial charge in [0.15, 0.2) is 35.1 Å². The highest BCUT2D eigenvalue weighted by Gasteiger charge is 2.53. The zero-order chi connectivity index (χ0) is 31.8. The second kappa shape index (κ2) is 11.1. The molecule has 9 N–H and O–H groups in total. The van der Waals surface area contributed by atoms with Crippen molar-refractivity contribution in [2.45, 2.75) is 49.1 Å². The van der Waals surface area contributed by atoms with Gasteiger partial charge in [0.1, 0.15) is 48.5 Å². The fraction of sp³-hybridized carbons (Fsp3) is 0.500. The molecule has 25 heteroatoms. The number of imidazole rings is 2. The minimum absolute atomic E-state index is 0.0530. The first-order valence-corrected chi connectivity index (χ1v) is 17.0. The van der Waals surface area contributed by atoms with Gasteiger partial charge < -0.3 is 45.5 Å².